The minimum atomic E-state index is -1.18. The normalized spacial score (nSPS) is 15.8. The van der Waals surface area contributed by atoms with Crippen LogP contribution in [0.25, 0.3) is 11.4 Å². The minimum absolute atomic E-state index is 0.111. The van der Waals surface area contributed by atoms with E-state index < -0.39 is 11.4 Å². The van der Waals surface area contributed by atoms with Gasteiger partial charge in [-0.25, -0.2) is 13.9 Å². The third kappa shape index (κ3) is 5.85. The molecule has 1 aliphatic heterocycles. The van der Waals surface area contributed by atoms with Gasteiger partial charge in [0.25, 0.3) is 5.91 Å². The predicted octanol–water partition coefficient (Wildman–Crippen LogP) is 4.29. The molecule has 1 aliphatic rings. The topological polar surface area (TPSA) is 92.2 Å². The molecule has 0 aliphatic carbocycles. The number of nitrogens with one attached hydrogen (secondary N) is 2. The Morgan fingerprint density at radius 1 is 1.11 bits per heavy atom. The molecule has 1 fully saturated rings. The predicted molar refractivity (Wildman–Crippen MR) is 132 cm³/mol. The Bertz CT molecular complexity index is 1180. The van der Waals surface area contributed by atoms with Gasteiger partial charge in [0.05, 0.1) is 6.54 Å². The average Bonchev–Trinajstić information content (AvgIpc) is 3.47. The first-order valence-electron chi connectivity index (χ1n) is 11.9. The minimum Gasteiger partial charge on any atom is -0.325 e. The molecule has 2 N–H and O–H groups in total. The monoisotopic (exact) mass is 478 g/mol. The van der Waals surface area contributed by atoms with E-state index >= 15 is 0 Å². The fourth-order valence-electron chi connectivity index (χ4n) is 4.09. The summed E-state index contributed by atoms with van der Waals surface area (Å²) in [6.07, 6.45) is 2.01. The van der Waals surface area contributed by atoms with Crippen LogP contribution in [-0.2, 0) is 11.3 Å². The van der Waals surface area contributed by atoms with Gasteiger partial charge in [-0.1, -0.05) is 43.7 Å². The molecule has 9 heteroatoms. The van der Waals surface area contributed by atoms with Crippen LogP contribution in [0, 0.1) is 11.7 Å². The van der Waals surface area contributed by atoms with Crippen LogP contribution >= 0.6 is 0 Å². The first-order chi connectivity index (χ1) is 16.7. The Morgan fingerprint density at radius 3 is 2.49 bits per heavy atom. The number of hydrogen-bond donors (Lipinski definition) is 2. The number of likely N-dealkylation sites (tertiary alicyclic amines) is 1. The van der Waals surface area contributed by atoms with Crippen molar-refractivity contribution in [3.05, 3.63) is 66.0 Å². The van der Waals surface area contributed by atoms with Crippen molar-refractivity contribution in [2.24, 2.45) is 5.92 Å². The third-order valence-electron chi connectivity index (χ3n) is 6.31. The molecule has 0 spiro atoms. The number of carbonyl (C=O) groups excluding carboxylic acids is 2. The Balaban J connectivity index is 1.51. The number of aromatic nitrogens is 3. The van der Waals surface area contributed by atoms with Gasteiger partial charge in [-0.15, -0.1) is 5.10 Å². The van der Waals surface area contributed by atoms with Crippen molar-refractivity contribution in [1.29, 1.82) is 0 Å². The molecule has 3 amide bonds. The van der Waals surface area contributed by atoms with Crippen molar-refractivity contribution in [1.82, 2.24) is 25.0 Å². The number of urea groups is 1. The molecule has 3 aromatic rings. The average molecular weight is 479 g/mol. The van der Waals surface area contributed by atoms with Gasteiger partial charge in [-0.05, 0) is 56.0 Å². The molecule has 0 saturated carbocycles. The molecule has 184 valence electrons. The molecule has 1 unspecified atom stereocenters. The van der Waals surface area contributed by atoms with E-state index in [1.807, 2.05) is 30.3 Å². The molecular weight excluding hydrogens is 447 g/mol. The summed E-state index contributed by atoms with van der Waals surface area (Å²) in [7, 11) is 0. The molecule has 1 atom stereocenters. The molecule has 4 rings (SSSR count). The van der Waals surface area contributed by atoms with E-state index in [0.29, 0.717) is 36.9 Å². The summed E-state index contributed by atoms with van der Waals surface area (Å²) in [4.78, 5) is 32.1. The maximum atomic E-state index is 13.5. The Morgan fingerprint density at radius 2 is 1.83 bits per heavy atom. The maximum absolute atomic E-state index is 13.5. The molecule has 35 heavy (non-hydrogen) atoms. The summed E-state index contributed by atoms with van der Waals surface area (Å²) in [6, 6.07) is 15.4. The molecule has 8 nitrogen and oxygen atoms in total. The Hall–Kier alpha value is -3.75. The van der Waals surface area contributed by atoms with Crippen LogP contribution in [0.4, 0.5) is 15.1 Å². The first kappa shape index (κ1) is 24.4. The number of anilines is 1. The van der Waals surface area contributed by atoms with E-state index in [2.05, 4.69) is 27.6 Å². The number of carbonyl (C=O) groups is 2. The zero-order valence-corrected chi connectivity index (χ0v) is 20.3. The fraction of sp³-hybridized carbons (Fsp3) is 0.385. The fourth-order valence-corrected chi connectivity index (χ4v) is 4.09. The second kappa shape index (κ2) is 10.2. The van der Waals surface area contributed by atoms with Crippen LogP contribution in [0.15, 0.2) is 54.6 Å². The lowest BCUT2D eigenvalue weighted by molar-refractivity contribution is -0.121. The van der Waals surface area contributed by atoms with Gasteiger partial charge in [0, 0.05) is 18.7 Å². The van der Waals surface area contributed by atoms with Crippen LogP contribution in [0.3, 0.4) is 0 Å². The first-order valence-corrected chi connectivity index (χ1v) is 11.9. The van der Waals surface area contributed by atoms with Crippen molar-refractivity contribution in [3.8, 4) is 11.4 Å². The van der Waals surface area contributed by atoms with Gasteiger partial charge >= 0.3 is 6.03 Å². The highest BCUT2D eigenvalue weighted by molar-refractivity contribution is 5.98. The van der Waals surface area contributed by atoms with E-state index in [1.165, 1.54) is 12.1 Å². The van der Waals surface area contributed by atoms with E-state index in [-0.39, 0.29) is 17.8 Å². The van der Waals surface area contributed by atoms with Gasteiger partial charge in [0.1, 0.15) is 11.4 Å². The summed E-state index contributed by atoms with van der Waals surface area (Å²) in [5.41, 5.74) is 0.493. The molecule has 2 aromatic carbocycles. The van der Waals surface area contributed by atoms with Gasteiger partial charge in [-0.2, -0.15) is 4.98 Å². The highest BCUT2D eigenvalue weighted by Crippen LogP contribution is 2.22. The van der Waals surface area contributed by atoms with Crippen LogP contribution in [0.2, 0.25) is 0 Å². The summed E-state index contributed by atoms with van der Waals surface area (Å²) in [5, 5.41) is 10.1. The summed E-state index contributed by atoms with van der Waals surface area (Å²) in [6.45, 7) is 7.23. The largest absolute Gasteiger partial charge is 0.325 e. The zero-order valence-electron chi connectivity index (χ0n) is 20.3. The van der Waals surface area contributed by atoms with Gasteiger partial charge in [0.15, 0.2) is 5.82 Å². The standard InChI is InChI=1S/C26H31FN6O2/c1-4-18-14-15-32(16-18)25(35)30-26(2,3)23(34)29-24-28-22(20-10-12-21(27)13-11-20)33(31-24)17-19-8-6-5-7-9-19/h5-13,18H,4,14-17H2,1-3H3,(H,30,35)(H,29,31,34). The maximum Gasteiger partial charge on any atom is 0.318 e. The van der Waals surface area contributed by atoms with Gasteiger partial charge in [0.2, 0.25) is 5.95 Å². The summed E-state index contributed by atoms with van der Waals surface area (Å²) >= 11 is 0. The molecule has 1 saturated heterocycles. The molecule has 0 radical (unpaired) electrons. The Labute approximate surface area is 204 Å². The smallest absolute Gasteiger partial charge is 0.318 e. The van der Waals surface area contributed by atoms with E-state index in [1.54, 1.807) is 35.6 Å². The van der Waals surface area contributed by atoms with Gasteiger partial charge < -0.3 is 10.2 Å². The second-order valence-electron chi connectivity index (χ2n) is 9.43. The van der Waals surface area contributed by atoms with Crippen LogP contribution in [0.1, 0.15) is 39.2 Å². The van der Waals surface area contributed by atoms with Crippen molar-refractivity contribution in [2.45, 2.75) is 45.7 Å². The SMILES string of the molecule is CCC1CCN(C(=O)NC(C)(C)C(=O)Nc2nc(-c3ccc(F)cc3)n(Cc3ccccc3)n2)C1. The number of benzene rings is 2. The third-order valence-corrected chi connectivity index (χ3v) is 6.31. The van der Waals surface area contributed by atoms with Crippen LogP contribution in [0.5, 0.6) is 0 Å². The number of hydrogen-bond acceptors (Lipinski definition) is 4. The number of amides is 3. The highest BCUT2D eigenvalue weighted by Gasteiger charge is 2.34. The van der Waals surface area contributed by atoms with Crippen LogP contribution < -0.4 is 10.6 Å². The lowest BCUT2D eigenvalue weighted by Gasteiger charge is -2.27. The highest BCUT2D eigenvalue weighted by atomic mass is 19.1. The van der Waals surface area contributed by atoms with Crippen molar-refractivity contribution < 1.29 is 14.0 Å². The lowest BCUT2D eigenvalue weighted by Crippen LogP contribution is -2.55. The molecule has 1 aromatic heterocycles. The van der Waals surface area contributed by atoms with Crippen LogP contribution in [-0.4, -0.2) is 50.2 Å². The number of halogens is 1. The lowest BCUT2D eigenvalue weighted by atomic mass is 10.1. The van der Waals surface area contributed by atoms with Gasteiger partial charge in [-0.3, -0.25) is 10.1 Å². The number of rotatable bonds is 7. The molecule has 2 heterocycles. The quantitative estimate of drug-likeness (QED) is 0.530. The van der Waals surface area contributed by atoms with Crippen molar-refractivity contribution >= 4 is 17.9 Å². The molecule has 0 bridgehead atoms. The zero-order chi connectivity index (χ0) is 25.0. The van der Waals surface area contributed by atoms with Crippen molar-refractivity contribution in [3.63, 3.8) is 0 Å². The number of nitrogens with zero attached hydrogens (tertiary/aromatic N) is 4. The van der Waals surface area contributed by atoms with E-state index in [4.69, 9.17) is 0 Å². The van der Waals surface area contributed by atoms with E-state index in [0.717, 1.165) is 18.4 Å². The second-order valence-corrected chi connectivity index (χ2v) is 9.43. The molecular formula is C26H31FN6O2. The summed E-state index contributed by atoms with van der Waals surface area (Å²) in [5.74, 6) is 0.325. The summed E-state index contributed by atoms with van der Waals surface area (Å²) < 4.78 is 15.1. The van der Waals surface area contributed by atoms with Crippen molar-refractivity contribution in [2.75, 3.05) is 18.4 Å². The van der Waals surface area contributed by atoms with E-state index in [9.17, 15) is 14.0 Å². The Kier molecular flexibility index (Phi) is 7.14.